The van der Waals surface area contributed by atoms with Gasteiger partial charge in [-0.05, 0) is 62.1 Å². The van der Waals surface area contributed by atoms with Crippen molar-refractivity contribution in [3.05, 3.63) is 65.2 Å². The van der Waals surface area contributed by atoms with Gasteiger partial charge in [0.1, 0.15) is 11.4 Å². The van der Waals surface area contributed by atoms with Gasteiger partial charge in [-0.1, -0.05) is 62.2 Å². The summed E-state index contributed by atoms with van der Waals surface area (Å²) >= 11 is 0. The number of aliphatic hydroxyl groups is 1. The Morgan fingerprint density at radius 3 is 2.54 bits per heavy atom. The SMILES string of the molecule is CCc1ccc2c(c1)[C@@H](NC[C@@H](O)[C@H](Cc1ccccc1)NC(=O)C1CCCC1)CC1(CCC1)O2. The Labute approximate surface area is 209 Å². The first-order valence-electron chi connectivity index (χ1n) is 13.6. The average Bonchev–Trinajstić information content (AvgIpc) is 3.41. The number of aryl methyl sites for hydroxylation is 1. The van der Waals surface area contributed by atoms with Crippen LogP contribution in [0.1, 0.15) is 81.0 Å². The number of carbonyl (C=O) groups is 1. The highest BCUT2D eigenvalue weighted by molar-refractivity contribution is 5.79. The third-order valence-electron chi connectivity index (χ3n) is 8.42. The minimum absolute atomic E-state index is 0.0660. The van der Waals surface area contributed by atoms with E-state index in [4.69, 9.17) is 4.74 Å². The van der Waals surface area contributed by atoms with Crippen LogP contribution in [-0.4, -0.2) is 35.3 Å². The van der Waals surface area contributed by atoms with Gasteiger partial charge in [-0.15, -0.1) is 0 Å². The molecule has 2 aromatic rings. The number of benzene rings is 2. The van der Waals surface area contributed by atoms with Crippen molar-refractivity contribution in [3.63, 3.8) is 0 Å². The van der Waals surface area contributed by atoms with E-state index in [1.54, 1.807) is 0 Å². The van der Waals surface area contributed by atoms with Gasteiger partial charge in [0.15, 0.2) is 0 Å². The minimum atomic E-state index is -0.682. The van der Waals surface area contributed by atoms with E-state index >= 15 is 0 Å². The number of hydrogen-bond donors (Lipinski definition) is 3. The number of nitrogens with one attached hydrogen (secondary N) is 2. The van der Waals surface area contributed by atoms with Gasteiger partial charge in [-0.3, -0.25) is 4.79 Å². The lowest BCUT2D eigenvalue weighted by Gasteiger charge is -2.48. The van der Waals surface area contributed by atoms with E-state index in [0.29, 0.717) is 13.0 Å². The van der Waals surface area contributed by atoms with Crippen molar-refractivity contribution < 1.29 is 14.6 Å². The molecule has 188 valence electrons. The van der Waals surface area contributed by atoms with Crippen LogP contribution in [0.25, 0.3) is 0 Å². The number of amides is 1. The molecular weight excluding hydrogens is 436 g/mol. The van der Waals surface area contributed by atoms with E-state index in [1.165, 1.54) is 17.5 Å². The van der Waals surface area contributed by atoms with Crippen molar-refractivity contribution in [1.29, 1.82) is 0 Å². The molecule has 2 aromatic carbocycles. The second-order valence-electron chi connectivity index (χ2n) is 10.9. The van der Waals surface area contributed by atoms with Crippen LogP contribution in [0.2, 0.25) is 0 Å². The summed E-state index contributed by atoms with van der Waals surface area (Å²) in [6.07, 6.45) is 9.41. The third kappa shape index (κ3) is 5.57. The molecule has 1 amide bonds. The van der Waals surface area contributed by atoms with Gasteiger partial charge in [-0.25, -0.2) is 0 Å². The van der Waals surface area contributed by atoms with Crippen LogP contribution in [0.5, 0.6) is 5.75 Å². The first kappa shape index (κ1) is 24.3. The predicted octanol–water partition coefficient (Wildman–Crippen LogP) is 4.86. The standard InChI is InChI=1S/C30H40N2O3/c1-2-21-13-14-28-24(17-21)26(19-30(35-28)15-8-16-30)31-20-27(33)25(18-22-9-4-3-5-10-22)32-29(34)23-11-6-7-12-23/h3-5,9-10,13-14,17,23,25-27,31,33H,2,6-8,11-12,15-16,18-20H2,1H3,(H,32,34)/t25-,26-,27+/m0/s1. The molecule has 0 radical (unpaired) electrons. The molecule has 0 saturated heterocycles. The molecule has 5 nitrogen and oxygen atoms in total. The maximum absolute atomic E-state index is 13.0. The number of aliphatic hydroxyl groups excluding tert-OH is 1. The molecule has 0 unspecified atom stereocenters. The largest absolute Gasteiger partial charge is 0.487 e. The monoisotopic (exact) mass is 476 g/mol. The summed E-state index contributed by atoms with van der Waals surface area (Å²) in [5.41, 5.74) is 3.56. The zero-order valence-electron chi connectivity index (χ0n) is 21.0. The fourth-order valence-electron chi connectivity index (χ4n) is 6.04. The Hall–Kier alpha value is -2.37. The smallest absolute Gasteiger partial charge is 0.223 e. The Kier molecular flexibility index (Phi) is 7.45. The second-order valence-corrected chi connectivity index (χ2v) is 10.9. The zero-order chi connectivity index (χ0) is 24.3. The van der Waals surface area contributed by atoms with Gasteiger partial charge in [-0.2, -0.15) is 0 Å². The topological polar surface area (TPSA) is 70.6 Å². The number of fused-ring (bicyclic) bond motifs is 1. The summed E-state index contributed by atoms with van der Waals surface area (Å²) in [6, 6.07) is 16.5. The maximum Gasteiger partial charge on any atom is 0.223 e. The van der Waals surface area contributed by atoms with Gasteiger partial charge in [0.2, 0.25) is 5.91 Å². The van der Waals surface area contributed by atoms with Gasteiger partial charge >= 0.3 is 0 Å². The molecule has 2 saturated carbocycles. The van der Waals surface area contributed by atoms with Crippen molar-refractivity contribution in [2.75, 3.05) is 6.54 Å². The lowest BCUT2D eigenvalue weighted by atomic mass is 9.72. The van der Waals surface area contributed by atoms with E-state index in [9.17, 15) is 9.90 Å². The molecule has 5 rings (SSSR count). The lowest BCUT2D eigenvalue weighted by molar-refractivity contribution is -0.126. The number of ether oxygens (including phenoxy) is 1. The Balaban J connectivity index is 1.30. The third-order valence-corrected chi connectivity index (χ3v) is 8.42. The first-order valence-corrected chi connectivity index (χ1v) is 13.6. The van der Waals surface area contributed by atoms with Crippen LogP contribution in [0.15, 0.2) is 48.5 Å². The fraction of sp³-hybridized carbons (Fsp3) is 0.567. The Bertz CT molecular complexity index is 998. The molecule has 1 aliphatic heterocycles. The highest BCUT2D eigenvalue weighted by Gasteiger charge is 2.45. The molecule has 1 heterocycles. The summed E-state index contributed by atoms with van der Waals surface area (Å²) in [5, 5.41) is 18.2. The average molecular weight is 477 g/mol. The van der Waals surface area contributed by atoms with Crippen LogP contribution in [0.4, 0.5) is 0 Å². The summed E-state index contributed by atoms with van der Waals surface area (Å²) in [7, 11) is 0. The molecule has 2 aliphatic carbocycles. The molecule has 3 atom stereocenters. The summed E-state index contributed by atoms with van der Waals surface area (Å²) in [5.74, 6) is 1.16. The van der Waals surface area contributed by atoms with Gasteiger partial charge in [0.25, 0.3) is 0 Å². The molecular formula is C30H40N2O3. The molecule has 3 N–H and O–H groups in total. The number of carbonyl (C=O) groups excluding carboxylic acids is 1. The summed E-state index contributed by atoms with van der Waals surface area (Å²) in [6.45, 7) is 2.60. The number of rotatable bonds is 9. The molecule has 35 heavy (non-hydrogen) atoms. The summed E-state index contributed by atoms with van der Waals surface area (Å²) in [4.78, 5) is 13.0. The molecule has 0 bridgehead atoms. The second kappa shape index (κ2) is 10.7. The van der Waals surface area contributed by atoms with E-state index in [1.807, 2.05) is 18.2 Å². The van der Waals surface area contributed by atoms with Gasteiger partial charge in [0, 0.05) is 30.5 Å². The Morgan fingerprint density at radius 1 is 1.09 bits per heavy atom. The van der Waals surface area contributed by atoms with Crippen LogP contribution in [0, 0.1) is 5.92 Å². The van der Waals surface area contributed by atoms with Crippen molar-refractivity contribution >= 4 is 5.91 Å². The van der Waals surface area contributed by atoms with Crippen LogP contribution in [-0.2, 0) is 17.6 Å². The van der Waals surface area contributed by atoms with Crippen LogP contribution >= 0.6 is 0 Å². The van der Waals surface area contributed by atoms with Gasteiger partial charge < -0.3 is 20.5 Å². The van der Waals surface area contributed by atoms with Crippen molar-refractivity contribution in [2.45, 2.75) is 94.9 Å². The van der Waals surface area contributed by atoms with E-state index in [-0.39, 0.29) is 29.5 Å². The molecule has 1 spiro atoms. The van der Waals surface area contributed by atoms with Crippen molar-refractivity contribution in [1.82, 2.24) is 10.6 Å². The molecule has 5 heteroatoms. The number of hydrogen-bond acceptors (Lipinski definition) is 4. The molecule has 3 aliphatic rings. The van der Waals surface area contributed by atoms with Crippen LogP contribution in [0.3, 0.4) is 0 Å². The van der Waals surface area contributed by atoms with E-state index in [2.05, 4.69) is 47.9 Å². The van der Waals surface area contributed by atoms with E-state index < -0.39 is 6.10 Å². The van der Waals surface area contributed by atoms with Crippen molar-refractivity contribution in [3.8, 4) is 5.75 Å². The molecule has 2 fully saturated rings. The quantitative estimate of drug-likeness (QED) is 0.483. The lowest BCUT2D eigenvalue weighted by Crippen LogP contribution is -2.52. The zero-order valence-corrected chi connectivity index (χ0v) is 21.0. The fourth-order valence-corrected chi connectivity index (χ4v) is 6.04. The van der Waals surface area contributed by atoms with Gasteiger partial charge in [0.05, 0.1) is 12.1 Å². The normalized spacial score (nSPS) is 22.6. The van der Waals surface area contributed by atoms with Crippen molar-refractivity contribution in [2.24, 2.45) is 5.92 Å². The maximum atomic E-state index is 13.0. The highest BCUT2D eigenvalue weighted by atomic mass is 16.5. The minimum Gasteiger partial charge on any atom is -0.487 e. The van der Waals surface area contributed by atoms with E-state index in [0.717, 1.165) is 62.7 Å². The Morgan fingerprint density at radius 2 is 1.86 bits per heavy atom. The first-order chi connectivity index (χ1) is 17.0. The highest BCUT2D eigenvalue weighted by Crippen LogP contribution is 2.49. The summed E-state index contributed by atoms with van der Waals surface area (Å²) < 4.78 is 6.47. The van der Waals surface area contributed by atoms with Crippen LogP contribution < -0.4 is 15.4 Å². The predicted molar refractivity (Wildman–Crippen MR) is 138 cm³/mol. The molecule has 0 aromatic heterocycles.